The first-order valence-corrected chi connectivity index (χ1v) is 5.80. The molecule has 0 aliphatic carbocycles. The Bertz CT molecular complexity index is 746. The summed E-state index contributed by atoms with van der Waals surface area (Å²) in [6.45, 7) is 0. The van der Waals surface area contributed by atoms with Crippen LogP contribution in [0.4, 0.5) is 10.6 Å². The van der Waals surface area contributed by atoms with Crippen LogP contribution in [0.1, 0.15) is 0 Å². The van der Waals surface area contributed by atoms with Crippen molar-refractivity contribution < 1.29 is 9.53 Å². The molecular weight excluding hydrogens is 262 g/mol. The van der Waals surface area contributed by atoms with Gasteiger partial charge in [-0.05, 0) is 12.1 Å². The van der Waals surface area contributed by atoms with Crippen molar-refractivity contribution >= 4 is 11.9 Å². The van der Waals surface area contributed by atoms with Crippen LogP contribution in [0.5, 0.6) is 5.75 Å². The number of hydrogen-bond acceptors (Lipinski definition) is 4. The quantitative estimate of drug-likeness (QED) is 0.874. The highest BCUT2D eigenvalue weighted by molar-refractivity contribution is 5.85. The minimum atomic E-state index is -0.778. The summed E-state index contributed by atoms with van der Waals surface area (Å²) >= 11 is 0. The molecule has 1 N–H and O–H groups in total. The summed E-state index contributed by atoms with van der Waals surface area (Å²) in [4.78, 5) is 34.9. The number of ether oxygens (including phenoxy) is 1. The van der Waals surface area contributed by atoms with Crippen molar-refractivity contribution in [1.29, 1.82) is 0 Å². The van der Waals surface area contributed by atoms with E-state index in [1.165, 1.54) is 14.1 Å². The summed E-state index contributed by atoms with van der Waals surface area (Å²) in [5.74, 6) is 0.429. The molecule has 1 heterocycles. The van der Waals surface area contributed by atoms with Crippen LogP contribution in [0.25, 0.3) is 0 Å². The second-order valence-corrected chi connectivity index (χ2v) is 4.10. The third-order valence-corrected chi connectivity index (χ3v) is 2.71. The summed E-state index contributed by atoms with van der Waals surface area (Å²) in [5.41, 5.74) is -1.05. The smallest absolute Gasteiger partial charge is 0.410 e. The highest BCUT2D eigenvalue weighted by atomic mass is 16.6. The van der Waals surface area contributed by atoms with E-state index in [9.17, 15) is 14.4 Å². The second-order valence-electron chi connectivity index (χ2n) is 4.10. The first-order chi connectivity index (χ1) is 9.49. The predicted octanol–water partition coefficient (Wildman–Crippen LogP) is 0.695. The number of aromatic nitrogens is 2. The van der Waals surface area contributed by atoms with Crippen molar-refractivity contribution in [3.8, 4) is 5.75 Å². The van der Waals surface area contributed by atoms with Crippen LogP contribution >= 0.6 is 0 Å². The van der Waals surface area contributed by atoms with Gasteiger partial charge in [0.15, 0.2) is 0 Å². The maximum absolute atomic E-state index is 11.7. The Balaban J connectivity index is 2.21. The highest BCUT2D eigenvalue weighted by Gasteiger charge is 2.10. The average Bonchev–Trinajstić information content (AvgIpc) is 2.43. The van der Waals surface area contributed by atoms with Crippen LogP contribution in [0.3, 0.4) is 0 Å². The maximum Gasteiger partial charge on any atom is 0.418 e. The SMILES string of the molecule is Cn1c(NC(=O)Oc2ccccc2)cc(=O)n(C)c1=O. The van der Waals surface area contributed by atoms with Gasteiger partial charge in [0, 0.05) is 20.2 Å². The van der Waals surface area contributed by atoms with Gasteiger partial charge in [0.25, 0.3) is 5.56 Å². The van der Waals surface area contributed by atoms with Crippen molar-refractivity contribution in [2.45, 2.75) is 0 Å². The van der Waals surface area contributed by atoms with Crippen molar-refractivity contribution in [2.75, 3.05) is 5.32 Å². The van der Waals surface area contributed by atoms with E-state index in [-0.39, 0.29) is 5.82 Å². The second kappa shape index (κ2) is 5.43. The fourth-order valence-electron chi connectivity index (χ4n) is 1.58. The van der Waals surface area contributed by atoms with Crippen LogP contribution in [0.15, 0.2) is 46.0 Å². The first kappa shape index (κ1) is 13.6. The molecule has 7 heteroatoms. The summed E-state index contributed by atoms with van der Waals surface area (Å²) in [6.07, 6.45) is -0.778. The van der Waals surface area contributed by atoms with Gasteiger partial charge < -0.3 is 4.74 Å². The van der Waals surface area contributed by atoms with Gasteiger partial charge in [-0.2, -0.15) is 0 Å². The topological polar surface area (TPSA) is 82.3 Å². The normalized spacial score (nSPS) is 10.1. The molecule has 0 unspecified atom stereocenters. The number of benzene rings is 1. The molecule has 1 amide bonds. The standard InChI is InChI=1S/C13H13N3O4/c1-15-10(8-11(17)16(2)13(15)19)14-12(18)20-9-6-4-3-5-7-9/h3-8H,1-2H3,(H,14,18). The summed E-state index contributed by atoms with van der Waals surface area (Å²) in [5, 5.41) is 2.36. The Morgan fingerprint density at radius 2 is 1.75 bits per heavy atom. The van der Waals surface area contributed by atoms with Gasteiger partial charge in [0.1, 0.15) is 11.6 Å². The zero-order chi connectivity index (χ0) is 14.7. The number of para-hydroxylation sites is 1. The van der Waals surface area contributed by atoms with E-state index in [0.717, 1.165) is 15.2 Å². The Kier molecular flexibility index (Phi) is 3.69. The largest absolute Gasteiger partial charge is 0.418 e. The summed E-state index contributed by atoms with van der Waals surface area (Å²) in [7, 11) is 2.80. The molecule has 7 nitrogen and oxygen atoms in total. The van der Waals surface area contributed by atoms with Crippen LogP contribution in [0, 0.1) is 0 Å². The molecule has 0 atom stereocenters. The Labute approximate surface area is 114 Å². The third-order valence-electron chi connectivity index (χ3n) is 2.71. The van der Waals surface area contributed by atoms with Crippen LogP contribution in [-0.4, -0.2) is 15.2 Å². The zero-order valence-electron chi connectivity index (χ0n) is 11.0. The van der Waals surface area contributed by atoms with Crippen molar-refractivity contribution in [1.82, 2.24) is 9.13 Å². The van der Waals surface area contributed by atoms with Crippen LogP contribution in [-0.2, 0) is 14.1 Å². The average molecular weight is 275 g/mol. The predicted molar refractivity (Wildman–Crippen MR) is 73.0 cm³/mol. The molecule has 2 rings (SSSR count). The number of hydrogen-bond donors (Lipinski definition) is 1. The minimum absolute atomic E-state index is 0.0685. The molecule has 104 valence electrons. The number of carbonyl (C=O) groups is 1. The van der Waals surface area contributed by atoms with Crippen LogP contribution < -0.4 is 21.3 Å². The molecule has 0 saturated heterocycles. The number of amides is 1. The van der Waals surface area contributed by atoms with Crippen molar-refractivity contribution in [2.24, 2.45) is 14.1 Å². The highest BCUT2D eigenvalue weighted by Crippen LogP contribution is 2.09. The monoisotopic (exact) mass is 275 g/mol. The van der Waals surface area contributed by atoms with E-state index in [1.807, 2.05) is 0 Å². The Hall–Kier alpha value is -2.83. The lowest BCUT2D eigenvalue weighted by Gasteiger charge is -2.10. The number of rotatable bonds is 2. The van der Waals surface area contributed by atoms with Gasteiger partial charge in [-0.15, -0.1) is 0 Å². The van der Waals surface area contributed by atoms with Gasteiger partial charge in [0.05, 0.1) is 0 Å². The zero-order valence-corrected chi connectivity index (χ0v) is 11.0. The lowest BCUT2D eigenvalue weighted by atomic mass is 10.3. The molecule has 0 saturated carbocycles. The number of nitrogens with zero attached hydrogens (tertiary/aromatic N) is 2. The molecule has 1 aromatic heterocycles. The molecule has 0 fully saturated rings. The van der Waals surface area contributed by atoms with Gasteiger partial charge in [-0.3, -0.25) is 19.2 Å². The van der Waals surface area contributed by atoms with Gasteiger partial charge >= 0.3 is 11.8 Å². The molecule has 2 aromatic rings. The molecule has 0 aliphatic heterocycles. The lowest BCUT2D eigenvalue weighted by Crippen LogP contribution is -2.38. The molecule has 0 aliphatic rings. The third kappa shape index (κ3) is 2.77. The van der Waals surface area contributed by atoms with Crippen molar-refractivity contribution in [3.63, 3.8) is 0 Å². The van der Waals surface area contributed by atoms with Gasteiger partial charge in [0.2, 0.25) is 0 Å². The number of carbonyl (C=O) groups excluding carboxylic acids is 1. The van der Waals surface area contributed by atoms with Crippen molar-refractivity contribution in [3.05, 3.63) is 57.2 Å². The first-order valence-electron chi connectivity index (χ1n) is 5.80. The van der Waals surface area contributed by atoms with E-state index >= 15 is 0 Å². The fourth-order valence-corrected chi connectivity index (χ4v) is 1.58. The number of nitrogens with one attached hydrogen (secondary N) is 1. The molecule has 0 radical (unpaired) electrons. The molecule has 1 aromatic carbocycles. The van der Waals surface area contributed by atoms with Gasteiger partial charge in [-0.25, -0.2) is 9.59 Å². The minimum Gasteiger partial charge on any atom is -0.410 e. The number of anilines is 1. The van der Waals surface area contributed by atoms with Gasteiger partial charge in [-0.1, -0.05) is 18.2 Å². The maximum atomic E-state index is 11.7. The van der Waals surface area contributed by atoms with E-state index < -0.39 is 17.3 Å². The molecular formula is C13H13N3O4. The molecule has 0 spiro atoms. The van der Waals surface area contributed by atoms with E-state index in [2.05, 4.69) is 5.32 Å². The fraction of sp³-hybridized carbons (Fsp3) is 0.154. The Morgan fingerprint density at radius 3 is 2.40 bits per heavy atom. The van der Waals surface area contributed by atoms with E-state index in [4.69, 9.17) is 4.74 Å². The van der Waals surface area contributed by atoms with E-state index in [0.29, 0.717) is 5.75 Å². The van der Waals surface area contributed by atoms with Crippen LogP contribution in [0.2, 0.25) is 0 Å². The van der Waals surface area contributed by atoms with E-state index in [1.54, 1.807) is 30.3 Å². The molecule has 20 heavy (non-hydrogen) atoms. The molecule has 0 bridgehead atoms. The summed E-state index contributed by atoms with van der Waals surface area (Å²) in [6, 6.07) is 9.60. The Morgan fingerprint density at radius 1 is 1.10 bits per heavy atom. The summed E-state index contributed by atoms with van der Waals surface area (Å²) < 4.78 is 7.09. The lowest BCUT2D eigenvalue weighted by molar-refractivity contribution is 0.215.